The van der Waals surface area contributed by atoms with Gasteiger partial charge in [0.2, 0.25) is 0 Å². The Kier molecular flexibility index (Phi) is 7.33. The van der Waals surface area contributed by atoms with Crippen LogP contribution in [0.25, 0.3) is 11.4 Å². The number of anilines is 1. The predicted octanol–water partition coefficient (Wildman–Crippen LogP) is 5.18. The predicted molar refractivity (Wildman–Crippen MR) is 133 cm³/mol. The summed E-state index contributed by atoms with van der Waals surface area (Å²) < 4.78 is 15.8. The van der Waals surface area contributed by atoms with Gasteiger partial charge in [-0.2, -0.15) is 0 Å². The molecular formula is C24H25Cl2FN6. The Bertz CT molecular complexity index is 1160. The fourth-order valence-corrected chi connectivity index (χ4v) is 4.47. The summed E-state index contributed by atoms with van der Waals surface area (Å²) in [6, 6.07) is 12.1. The molecule has 1 aliphatic heterocycles. The van der Waals surface area contributed by atoms with Crippen LogP contribution in [0.1, 0.15) is 30.1 Å². The van der Waals surface area contributed by atoms with Crippen LogP contribution in [-0.4, -0.2) is 28.9 Å². The number of hydrogen-bond acceptors (Lipinski definition) is 5. The summed E-state index contributed by atoms with van der Waals surface area (Å²) in [5, 5.41) is 7.37. The minimum absolute atomic E-state index is 0.158. The molecule has 6 nitrogen and oxygen atoms in total. The molecule has 0 radical (unpaired) electrons. The first kappa shape index (κ1) is 23.3. The fourth-order valence-electron chi connectivity index (χ4n) is 3.90. The number of rotatable bonds is 7. The van der Waals surface area contributed by atoms with Gasteiger partial charge in [-0.05, 0) is 44.1 Å². The second kappa shape index (κ2) is 10.4. The highest BCUT2D eigenvalue weighted by Crippen LogP contribution is 2.38. The third-order valence-corrected chi connectivity index (χ3v) is 6.25. The summed E-state index contributed by atoms with van der Waals surface area (Å²) in [4.78, 5) is 9.10. The molecular weight excluding hydrogens is 462 g/mol. The van der Waals surface area contributed by atoms with Crippen molar-refractivity contribution in [1.82, 2.24) is 20.2 Å². The van der Waals surface area contributed by atoms with Gasteiger partial charge in [-0.25, -0.2) is 14.4 Å². The van der Waals surface area contributed by atoms with Crippen molar-refractivity contribution < 1.29 is 4.39 Å². The maximum Gasteiger partial charge on any atom is 0.145 e. The summed E-state index contributed by atoms with van der Waals surface area (Å²) in [6.07, 6.45) is 3.37. The van der Waals surface area contributed by atoms with E-state index in [4.69, 9.17) is 33.9 Å². The lowest BCUT2D eigenvalue weighted by Crippen LogP contribution is -2.30. The van der Waals surface area contributed by atoms with E-state index in [0.29, 0.717) is 44.3 Å². The van der Waals surface area contributed by atoms with E-state index in [1.54, 1.807) is 42.6 Å². The first-order valence-corrected chi connectivity index (χ1v) is 11.4. The normalized spacial score (nSPS) is 14.6. The molecule has 0 spiro atoms. The monoisotopic (exact) mass is 486 g/mol. The van der Waals surface area contributed by atoms with E-state index >= 15 is 0 Å². The number of hydrogen-bond donors (Lipinski definition) is 3. The summed E-state index contributed by atoms with van der Waals surface area (Å²) in [6.45, 7) is 5.93. The van der Waals surface area contributed by atoms with Crippen LogP contribution in [0.15, 0.2) is 59.9 Å². The number of aromatic nitrogens is 2. The molecule has 0 amide bonds. The van der Waals surface area contributed by atoms with Gasteiger partial charge in [0.25, 0.3) is 0 Å². The molecule has 3 aromatic rings. The van der Waals surface area contributed by atoms with Gasteiger partial charge in [0, 0.05) is 18.2 Å². The van der Waals surface area contributed by atoms with E-state index in [1.165, 1.54) is 6.07 Å². The van der Waals surface area contributed by atoms with Crippen LogP contribution < -0.4 is 16.4 Å². The third-order valence-electron chi connectivity index (χ3n) is 5.62. The largest absolute Gasteiger partial charge is 0.383 e. The highest BCUT2D eigenvalue weighted by atomic mass is 35.5. The van der Waals surface area contributed by atoms with Crippen molar-refractivity contribution in [3.05, 3.63) is 82.0 Å². The lowest BCUT2D eigenvalue weighted by molar-refractivity contribution is 0.374. The SMILES string of the molecule is C=C(N=Cc1nc(-c2c(Cl)cccc2Cl)n(C2CCNCC2)c1N)NCc1ccccc1F. The van der Waals surface area contributed by atoms with Gasteiger partial charge >= 0.3 is 0 Å². The molecule has 0 saturated carbocycles. The van der Waals surface area contributed by atoms with Crippen LogP contribution in [0.4, 0.5) is 10.2 Å². The minimum atomic E-state index is -0.284. The summed E-state index contributed by atoms with van der Waals surface area (Å²) in [5.41, 5.74) is 8.21. The number of nitrogens with one attached hydrogen (secondary N) is 2. The van der Waals surface area contributed by atoms with Gasteiger partial charge in [-0.1, -0.05) is 54.0 Å². The number of benzene rings is 2. The molecule has 4 rings (SSSR count). The lowest BCUT2D eigenvalue weighted by Gasteiger charge is -2.26. The second-order valence-corrected chi connectivity index (χ2v) is 8.62. The number of aliphatic imine (C=N–C) groups is 1. The average Bonchev–Trinajstić information content (AvgIpc) is 3.13. The summed E-state index contributed by atoms with van der Waals surface area (Å²) in [7, 11) is 0. The van der Waals surface area contributed by atoms with E-state index < -0.39 is 0 Å². The van der Waals surface area contributed by atoms with Gasteiger partial charge in [0.05, 0.1) is 21.8 Å². The first-order chi connectivity index (χ1) is 16.0. The standard InChI is InChI=1S/C24H25Cl2FN6/c1-15(30-13-16-5-2-3-8-20(16)27)31-14-21-23(28)33(17-9-11-29-12-10-17)24(32-21)22-18(25)6-4-7-19(22)26/h2-8,14,17,29-30H,1,9-13,28H2. The quantitative estimate of drug-likeness (QED) is 0.401. The van der Waals surface area contributed by atoms with Crippen LogP contribution >= 0.6 is 23.2 Å². The molecule has 1 saturated heterocycles. The Morgan fingerprint density at radius 1 is 1.21 bits per heavy atom. The van der Waals surface area contributed by atoms with Crippen molar-refractivity contribution in [2.24, 2.45) is 4.99 Å². The third kappa shape index (κ3) is 5.21. The molecule has 2 aromatic carbocycles. The van der Waals surface area contributed by atoms with Gasteiger partial charge in [-0.3, -0.25) is 0 Å². The number of imidazole rings is 1. The van der Waals surface area contributed by atoms with E-state index in [2.05, 4.69) is 22.2 Å². The van der Waals surface area contributed by atoms with Crippen molar-refractivity contribution in [3.8, 4) is 11.4 Å². The van der Waals surface area contributed by atoms with Gasteiger partial charge in [0.15, 0.2) is 0 Å². The lowest BCUT2D eigenvalue weighted by atomic mass is 10.1. The van der Waals surface area contributed by atoms with Crippen molar-refractivity contribution in [3.63, 3.8) is 0 Å². The number of nitrogen functional groups attached to an aromatic ring is 1. The zero-order valence-electron chi connectivity index (χ0n) is 18.0. The van der Waals surface area contributed by atoms with Crippen LogP contribution in [0.5, 0.6) is 0 Å². The van der Waals surface area contributed by atoms with E-state index in [1.807, 2.05) is 4.57 Å². The Hall–Kier alpha value is -2.87. The van der Waals surface area contributed by atoms with E-state index in [-0.39, 0.29) is 18.4 Å². The maximum atomic E-state index is 13.8. The van der Waals surface area contributed by atoms with Gasteiger partial charge in [0.1, 0.15) is 29.0 Å². The molecule has 172 valence electrons. The van der Waals surface area contributed by atoms with Crippen molar-refractivity contribution >= 4 is 35.2 Å². The topological polar surface area (TPSA) is 80.3 Å². The summed E-state index contributed by atoms with van der Waals surface area (Å²) in [5.74, 6) is 1.18. The molecule has 0 atom stereocenters. The Balaban J connectivity index is 1.62. The van der Waals surface area contributed by atoms with Crippen molar-refractivity contribution in [2.45, 2.75) is 25.4 Å². The van der Waals surface area contributed by atoms with Crippen LogP contribution in [0.3, 0.4) is 0 Å². The average molecular weight is 487 g/mol. The molecule has 0 unspecified atom stereocenters. The Morgan fingerprint density at radius 3 is 2.61 bits per heavy atom. The maximum absolute atomic E-state index is 13.8. The van der Waals surface area contributed by atoms with E-state index in [0.717, 1.165) is 25.9 Å². The zero-order chi connectivity index (χ0) is 23.4. The zero-order valence-corrected chi connectivity index (χ0v) is 19.5. The molecule has 1 aromatic heterocycles. The first-order valence-electron chi connectivity index (χ1n) is 10.7. The molecule has 0 aliphatic carbocycles. The Labute approximate surface area is 202 Å². The number of piperidine rings is 1. The Morgan fingerprint density at radius 2 is 1.91 bits per heavy atom. The van der Waals surface area contributed by atoms with Crippen LogP contribution in [-0.2, 0) is 6.54 Å². The molecule has 1 fully saturated rings. The van der Waals surface area contributed by atoms with Crippen molar-refractivity contribution in [2.75, 3.05) is 18.8 Å². The van der Waals surface area contributed by atoms with Crippen molar-refractivity contribution in [1.29, 1.82) is 0 Å². The fraction of sp³-hybridized carbons (Fsp3) is 0.250. The second-order valence-electron chi connectivity index (χ2n) is 7.80. The smallest absolute Gasteiger partial charge is 0.145 e. The molecule has 1 aliphatic rings. The van der Waals surface area contributed by atoms with Gasteiger partial charge < -0.3 is 20.9 Å². The molecule has 4 N–H and O–H groups in total. The molecule has 0 bridgehead atoms. The molecule has 33 heavy (non-hydrogen) atoms. The minimum Gasteiger partial charge on any atom is -0.383 e. The number of halogens is 3. The highest BCUT2D eigenvalue weighted by molar-refractivity contribution is 6.39. The number of nitrogens with zero attached hydrogens (tertiary/aromatic N) is 3. The molecule has 2 heterocycles. The van der Waals surface area contributed by atoms with Crippen LogP contribution in [0.2, 0.25) is 10.0 Å². The van der Waals surface area contributed by atoms with Gasteiger partial charge in [-0.15, -0.1) is 0 Å². The molecule has 9 heteroatoms. The summed E-state index contributed by atoms with van der Waals surface area (Å²) >= 11 is 13.0. The highest BCUT2D eigenvalue weighted by Gasteiger charge is 2.26. The van der Waals surface area contributed by atoms with Crippen LogP contribution in [0, 0.1) is 5.82 Å². The van der Waals surface area contributed by atoms with E-state index in [9.17, 15) is 4.39 Å². The number of nitrogens with two attached hydrogens (primary N) is 1.